The van der Waals surface area contributed by atoms with Gasteiger partial charge in [-0.1, -0.05) is 0 Å². The molecule has 1 aliphatic heterocycles. The Balaban J connectivity index is 1.88. The van der Waals surface area contributed by atoms with E-state index in [0.717, 1.165) is 5.76 Å². The van der Waals surface area contributed by atoms with Gasteiger partial charge in [-0.25, -0.2) is 4.39 Å². The van der Waals surface area contributed by atoms with Crippen LogP contribution in [0.3, 0.4) is 0 Å². The molecule has 1 saturated heterocycles. The summed E-state index contributed by atoms with van der Waals surface area (Å²) < 4.78 is 29.9. The fraction of sp³-hybridized carbons (Fsp3) is 0.389. The molecule has 0 unspecified atom stereocenters. The first kappa shape index (κ1) is 16.7. The van der Waals surface area contributed by atoms with Crippen LogP contribution in [0.25, 0.3) is 0 Å². The van der Waals surface area contributed by atoms with Crippen molar-refractivity contribution in [3.63, 3.8) is 0 Å². The van der Waals surface area contributed by atoms with Crippen molar-refractivity contribution >= 4 is 11.6 Å². The molecule has 24 heavy (non-hydrogen) atoms. The molecule has 1 aromatic carbocycles. The molecule has 0 saturated carbocycles. The van der Waals surface area contributed by atoms with Gasteiger partial charge < -0.3 is 18.8 Å². The number of amides is 1. The summed E-state index contributed by atoms with van der Waals surface area (Å²) >= 11 is 0. The monoisotopic (exact) mass is 333 g/mol. The van der Waals surface area contributed by atoms with Gasteiger partial charge in [0.2, 0.25) is 0 Å². The fourth-order valence-corrected chi connectivity index (χ4v) is 2.70. The molecule has 2 aromatic rings. The average Bonchev–Trinajstić information content (AvgIpc) is 2.99. The van der Waals surface area contributed by atoms with E-state index in [4.69, 9.17) is 13.9 Å². The van der Waals surface area contributed by atoms with Gasteiger partial charge >= 0.3 is 0 Å². The van der Waals surface area contributed by atoms with Crippen LogP contribution < -0.4 is 4.90 Å². The molecule has 0 aliphatic carbocycles. The maximum Gasteiger partial charge on any atom is 0.259 e. The minimum absolute atomic E-state index is 0.233. The molecule has 3 rings (SSSR count). The molecule has 0 N–H and O–H groups in total. The van der Waals surface area contributed by atoms with Gasteiger partial charge in [0.05, 0.1) is 25.9 Å². The van der Waals surface area contributed by atoms with Gasteiger partial charge in [-0.3, -0.25) is 4.79 Å². The maximum atomic E-state index is 13.2. The van der Waals surface area contributed by atoms with E-state index in [1.807, 2.05) is 26.0 Å². The van der Waals surface area contributed by atoms with Crippen LogP contribution in [-0.2, 0) is 20.8 Å². The zero-order valence-electron chi connectivity index (χ0n) is 13.7. The van der Waals surface area contributed by atoms with Crippen molar-refractivity contribution in [1.29, 1.82) is 0 Å². The Morgan fingerprint density at radius 3 is 2.50 bits per heavy atom. The molecule has 1 aliphatic rings. The number of carbonyl (C=O) groups is 1. The molecular formula is C18H20FNO4. The van der Waals surface area contributed by atoms with Crippen LogP contribution in [0.15, 0.2) is 40.8 Å². The lowest BCUT2D eigenvalue weighted by Gasteiger charge is -2.32. The van der Waals surface area contributed by atoms with Crippen LogP contribution in [0.5, 0.6) is 0 Å². The third kappa shape index (κ3) is 3.66. The Hall–Kier alpha value is -2.18. The number of anilines is 1. The van der Waals surface area contributed by atoms with E-state index in [-0.39, 0.29) is 24.4 Å². The normalized spacial score (nSPS) is 20.8. The number of ether oxygens (including phenoxy) is 2. The molecule has 2 heterocycles. The molecule has 5 nitrogen and oxygen atoms in total. The Bertz CT molecular complexity index is 697. The van der Waals surface area contributed by atoms with Crippen molar-refractivity contribution in [3.05, 3.63) is 53.7 Å². The van der Waals surface area contributed by atoms with Gasteiger partial charge in [-0.15, -0.1) is 0 Å². The molecule has 0 spiro atoms. The predicted molar refractivity (Wildman–Crippen MR) is 86.2 cm³/mol. The summed E-state index contributed by atoms with van der Waals surface area (Å²) in [4.78, 5) is 14.5. The Kier molecular flexibility index (Phi) is 4.97. The third-order valence-electron chi connectivity index (χ3n) is 3.95. The first-order valence-corrected chi connectivity index (χ1v) is 7.90. The number of aryl methyl sites for hydroxylation is 1. The van der Waals surface area contributed by atoms with Gasteiger partial charge in [0.15, 0.2) is 6.10 Å². The number of carbonyl (C=O) groups excluding carboxylic acids is 1. The minimum atomic E-state index is -0.695. The smallest absolute Gasteiger partial charge is 0.259 e. The number of halogens is 1. The number of rotatable bonds is 4. The number of benzene rings is 1. The highest BCUT2D eigenvalue weighted by Crippen LogP contribution is 2.23. The van der Waals surface area contributed by atoms with Gasteiger partial charge in [-0.05, 0) is 50.2 Å². The number of hydrogen-bond acceptors (Lipinski definition) is 4. The highest BCUT2D eigenvalue weighted by atomic mass is 19.1. The van der Waals surface area contributed by atoms with E-state index in [1.165, 1.54) is 17.0 Å². The summed E-state index contributed by atoms with van der Waals surface area (Å²) in [7, 11) is 0. The van der Waals surface area contributed by atoms with E-state index >= 15 is 0 Å². The first-order chi connectivity index (χ1) is 11.5. The summed E-state index contributed by atoms with van der Waals surface area (Å²) in [6.45, 7) is 4.73. The van der Waals surface area contributed by atoms with Crippen LogP contribution in [0.1, 0.15) is 18.4 Å². The van der Waals surface area contributed by atoms with Crippen molar-refractivity contribution in [2.24, 2.45) is 0 Å². The Morgan fingerprint density at radius 1 is 1.17 bits per heavy atom. The van der Waals surface area contributed by atoms with Crippen LogP contribution in [0, 0.1) is 12.7 Å². The Morgan fingerprint density at radius 2 is 1.88 bits per heavy atom. The second-order valence-corrected chi connectivity index (χ2v) is 5.78. The Labute approximate surface area is 140 Å². The van der Waals surface area contributed by atoms with Crippen molar-refractivity contribution < 1.29 is 23.1 Å². The molecule has 1 fully saturated rings. The lowest BCUT2D eigenvalue weighted by molar-refractivity contribution is -0.159. The van der Waals surface area contributed by atoms with Crippen LogP contribution in [0.4, 0.5) is 10.1 Å². The number of furan rings is 1. The molecule has 1 aromatic heterocycles. The molecular weight excluding hydrogens is 313 g/mol. The van der Waals surface area contributed by atoms with E-state index in [9.17, 15) is 9.18 Å². The zero-order chi connectivity index (χ0) is 17.1. The summed E-state index contributed by atoms with van der Waals surface area (Å²) in [6.07, 6.45) is -1.03. The second kappa shape index (κ2) is 7.15. The van der Waals surface area contributed by atoms with Gasteiger partial charge in [-0.2, -0.15) is 0 Å². The van der Waals surface area contributed by atoms with Crippen LogP contribution >= 0.6 is 0 Å². The first-order valence-electron chi connectivity index (χ1n) is 7.90. The zero-order valence-corrected chi connectivity index (χ0v) is 13.7. The molecule has 1 amide bonds. The van der Waals surface area contributed by atoms with E-state index < -0.39 is 6.10 Å². The average molecular weight is 333 g/mol. The lowest BCUT2D eigenvalue weighted by Crippen LogP contribution is -2.49. The third-order valence-corrected chi connectivity index (χ3v) is 3.95. The highest BCUT2D eigenvalue weighted by molar-refractivity contribution is 5.96. The van der Waals surface area contributed by atoms with Crippen LogP contribution in [-0.4, -0.2) is 31.3 Å². The SMILES string of the molecule is Cc1ccc(CN(C(=O)[C@H]2OCCO[C@H]2C)c2ccc(F)cc2)o1. The largest absolute Gasteiger partial charge is 0.464 e. The van der Waals surface area contributed by atoms with Crippen molar-refractivity contribution in [2.45, 2.75) is 32.6 Å². The molecule has 6 heteroatoms. The standard InChI is InChI=1S/C18H20FNO4/c1-12-3-8-16(24-12)11-20(15-6-4-14(19)5-7-15)18(21)17-13(2)22-9-10-23-17/h3-8,13,17H,9-11H2,1-2H3/t13-,17-/m0/s1. The van der Waals surface area contributed by atoms with Crippen molar-refractivity contribution in [2.75, 3.05) is 18.1 Å². The fourth-order valence-electron chi connectivity index (χ4n) is 2.70. The van der Waals surface area contributed by atoms with Gasteiger partial charge in [0.25, 0.3) is 5.91 Å². The minimum Gasteiger partial charge on any atom is -0.464 e. The predicted octanol–water partition coefficient (Wildman–Crippen LogP) is 3.06. The number of hydrogen-bond donors (Lipinski definition) is 0. The maximum absolute atomic E-state index is 13.2. The summed E-state index contributed by atoms with van der Waals surface area (Å²) in [5.74, 6) is 0.824. The topological polar surface area (TPSA) is 51.9 Å². The number of nitrogens with zero attached hydrogens (tertiary/aromatic N) is 1. The highest BCUT2D eigenvalue weighted by Gasteiger charge is 2.34. The summed E-state index contributed by atoms with van der Waals surface area (Å²) in [6, 6.07) is 9.44. The summed E-state index contributed by atoms with van der Waals surface area (Å²) in [5.41, 5.74) is 0.580. The summed E-state index contributed by atoms with van der Waals surface area (Å²) in [5, 5.41) is 0. The van der Waals surface area contributed by atoms with Gasteiger partial charge in [0, 0.05) is 5.69 Å². The lowest BCUT2D eigenvalue weighted by atomic mass is 10.1. The molecule has 2 atom stereocenters. The van der Waals surface area contributed by atoms with E-state index in [1.54, 1.807) is 12.1 Å². The van der Waals surface area contributed by atoms with Crippen LogP contribution in [0.2, 0.25) is 0 Å². The molecule has 0 bridgehead atoms. The quantitative estimate of drug-likeness (QED) is 0.863. The molecule has 128 valence electrons. The van der Waals surface area contributed by atoms with Gasteiger partial charge in [0.1, 0.15) is 17.3 Å². The van der Waals surface area contributed by atoms with E-state index in [2.05, 4.69) is 0 Å². The van der Waals surface area contributed by atoms with E-state index in [0.29, 0.717) is 24.7 Å². The van der Waals surface area contributed by atoms with Crippen molar-refractivity contribution in [3.8, 4) is 0 Å². The van der Waals surface area contributed by atoms with Crippen molar-refractivity contribution in [1.82, 2.24) is 0 Å². The molecule has 0 radical (unpaired) electrons. The second-order valence-electron chi connectivity index (χ2n) is 5.78.